The zero-order chi connectivity index (χ0) is 18.6. The zero-order valence-corrected chi connectivity index (χ0v) is 15.0. The van der Waals surface area contributed by atoms with Gasteiger partial charge in [-0.05, 0) is 60.9 Å². The number of benzene rings is 2. The largest absolute Gasteiger partial charge is 0.507 e. The second-order valence-corrected chi connectivity index (χ2v) is 5.61. The Hall–Kier alpha value is -2.95. The molecule has 0 aliphatic rings. The molecule has 0 heterocycles. The lowest BCUT2D eigenvalue weighted by Gasteiger charge is -2.13. The van der Waals surface area contributed by atoms with Gasteiger partial charge in [-0.3, -0.25) is 4.79 Å². The molecule has 0 aliphatic heterocycles. The maximum Gasteiger partial charge on any atom is 0.203 e. The fraction of sp³-hybridized carbons (Fsp3) is 0.250. The molecular formula is C20H22O5. The summed E-state index contributed by atoms with van der Waals surface area (Å²) in [6.07, 6.45) is 3.19. The molecule has 0 amide bonds. The summed E-state index contributed by atoms with van der Waals surface area (Å²) in [4.78, 5) is 12.5. The number of ether oxygens (including phenoxy) is 3. The van der Waals surface area contributed by atoms with Crippen LogP contribution in [0.2, 0.25) is 0 Å². The monoisotopic (exact) mass is 342 g/mol. The molecule has 1 N–H and O–H groups in total. The molecule has 0 aromatic heterocycles. The van der Waals surface area contributed by atoms with Gasteiger partial charge in [-0.2, -0.15) is 0 Å². The molecule has 0 radical (unpaired) electrons. The minimum Gasteiger partial charge on any atom is -0.507 e. The van der Waals surface area contributed by atoms with E-state index in [1.54, 1.807) is 18.2 Å². The fourth-order valence-electron chi connectivity index (χ4n) is 2.58. The summed E-state index contributed by atoms with van der Waals surface area (Å²) in [5.41, 5.74) is 2.80. The zero-order valence-electron chi connectivity index (χ0n) is 15.0. The molecule has 0 aliphatic carbocycles. The van der Waals surface area contributed by atoms with Gasteiger partial charge in [0.25, 0.3) is 0 Å². The van der Waals surface area contributed by atoms with Crippen LogP contribution >= 0.6 is 0 Å². The number of ketones is 1. The van der Waals surface area contributed by atoms with E-state index in [4.69, 9.17) is 14.2 Å². The second-order valence-electron chi connectivity index (χ2n) is 5.61. The maximum absolute atomic E-state index is 12.5. The van der Waals surface area contributed by atoms with E-state index in [0.29, 0.717) is 22.8 Å². The van der Waals surface area contributed by atoms with Crippen LogP contribution < -0.4 is 14.2 Å². The van der Waals surface area contributed by atoms with Gasteiger partial charge in [-0.15, -0.1) is 0 Å². The highest BCUT2D eigenvalue weighted by atomic mass is 16.5. The summed E-state index contributed by atoms with van der Waals surface area (Å²) in [6.45, 7) is 3.64. The lowest BCUT2D eigenvalue weighted by atomic mass is 10.0. The minimum absolute atomic E-state index is 0.192. The van der Waals surface area contributed by atoms with Crippen LogP contribution in [-0.2, 0) is 0 Å². The van der Waals surface area contributed by atoms with Gasteiger partial charge in [0.15, 0.2) is 17.3 Å². The van der Waals surface area contributed by atoms with Crippen molar-refractivity contribution >= 4 is 11.9 Å². The van der Waals surface area contributed by atoms with E-state index in [1.165, 1.54) is 27.4 Å². The Labute approximate surface area is 147 Å². The Morgan fingerprint density at radius 2 is 1.44 bits per heavy atom. The molecule has 25 heavy (non-hydrogen) atoms. The summed E-state index contributed by atoms with van der Waals surface area (Å²) in [5, 5.41) is 9.82. The van der Waals surface area contributed by atoms with Gasteiger partial charge < -0.3 is 19.3 Å². The molecule has 0 saturated heterocycles. The van der Waals surface area contributed by atoms with E-state index >= 15 is 0 Å². The minimum atomic E-state index is -0.192. The lowest BCUT2D eigenvalue weighted by molar-refractivity contribution is 0.104. The third-order valence-electron chi connectivity index (χ3n) is 3.89. The highest BCUT2D eigenvalue weighted by molar-refractivity contribution is 6.07. The van der Waals surface area contributed by atoms with E-state index in [2.05, 4.69) is 0 Å². The average molecular weight is 342 g/mol. The number of allylic oxidation sites excluding steroid dienone is 1. The summed E-state index contributed by atoms with van der Waals surface area (Å²) in [7, 11) is 4.52. The van der Waals surface area contributed by atoms with Gasteiger partial charge in [0.2, 0.25) is 5.75 Å². The van der Waals surface area contributed by atoms with E-state index in [1.807, 2.05) is 26.0 Å². The van der Waals surface area contributed by atoms with Gasteiger partial charge in [-0.1, -0.05) is 6.08 Å². The van der Waals surface area contributed by atoms with Crippen LogP contribution in [-0.4, -0.2) is 32.2 Å². The van der Waals surface area contributed by atoms with E-state index in [9.17, 15) is 9.90 Å². The smallest absolute Gasteiger partial charge is 0.203 e. The number of phenols is 1. The molecule has 5 heteroatoms. The number of methoxy groups -OCH3 is 3. The summed E-state index contributed by atoms with van der Waals surface area (Å²) < 4.78 is 15.8. The molecule has 132 valence electrons. The van der Waals surface area contributed by atoms with Crippen molar-refractivity contribution < 1.29 is 24.1 Å². The van der Waals surface area contributed by atoms with Gasteiger partial charge >= 0.3 is 0 Å². The van der Waals surface area contributed by atoms with Crippen molar-refractivity contribution in [3.8, 4) is 23.0 Å². The first kappa shape index (κ1) is 18.4. The second kappa shape index (κ2) is 7.75. The molecular weight excluding hydrogens is 320 g/mol. The predicted molar refractivity (Wildman–Crippen MR) is 97.0 cm³/mol. The van der Waals surface area contributed by atoms with Crippen molar-refractivity contribution in [3.05, 3.63) is 52.6 Å². The maximum atomic E-state index is 12.5. The SMILES string of the molecule is COc1cc(C(=O)/C=C\c2cc(C)c(O)c(C)c2)cc(OC)c1OC. The van der Waals surface area contributed by atoms with Crippen molar-refractivity contribution in [1.29, 1.82) is 0 Å². The molecule has 2 aromatic carbocycles. The van der Waals surface area contributed by atoms with Crippen LogP contribution in [0.3, 0.4) is 0 Å². The lowest BCUT2D eigenvalue weighted by Crippen LogP contribution is -2.00. The highest BCUT2D eigenvalue weighted by Crippen LogP contribution is 2.38. The van der Waals surface area contributed by atoms with Gasteiger partial charge in [0, 0.05) is 5.56 Å². The average Bonchev–Trinajstić information content (AvgIpc) is 2.62. The number of aromatic hydroxyl groups is 1. The summed E-state index contributed by atoms with van der Waals surface area (Å²) in [5.74, 6) is 1.37. The topological polar surface area (TPSA) is 65.0 Å². The summed E-state index contributed by atoms with van der Waals surface area (Å²) >= 11 is 0. The Balaban J connectivity index is 2.35. The van der Waals surface area contributed by atoms with Crippen molar-refractivity contribution in [2.24, 2.45) is 0 Å². The molecule has 0 saturated carbocycles. The van der Waals surface area contributed by atoms with Gasteiger partial charge in [-0.25, -0.2) is 0 Å². The molecule has 5 nitrogen and oxygen atoms in total. The van der Waals surface area contributed by atoms with Gasteiger partial charge in [0.1, 0.15) is 5.75 Å². The highest BCUT2D eigenvalue weighted by Gasteiger charge is 2.15. The first-order valence-corrected chi connectivity index (χ1v) is 7.73. The van der Waals surface area contributed by atoms with E-state index < -0.39 is 0 Å². The molecule has 0 fully saturated rings. The van der Waals surface area contributed by atoms with Crippen LogP contribution in [0, 0.1) is 13.8 Å². The number of hydrogen-bond donors (Lipinski definition) is 1. The number of carbonyl (C=O) groups is 1. The summed E-state index contributed by atoms with van der Waals surface area (Å²) in [6, 6.07) is 6.87. The Kier molecular flexibility index (Phi) is 5.70. The van der Waals surface area contributed by atoms with E-state index in [0.717, 1.165) is 16.7 Å². The quantitative estimate of drug-likeness (QED) is 0.636. The number of carbonyl (C=O) groups excluding carboxylic acids is 1. The first-order chi connectivity index (χ1) is 11.9. The first-order valence-electron chi connectivity index (χ1n) is 7.73. The number of hydrogen-bond acceptors (Lipinski definition) is 5. The molecule has 0 bridgehead atoms. The van der Waals surface area contributed by atoms with Crippen molar-refractivity contribution in [2.45, 2.75) is 13.8 Å². The molecule has 2 rings (SSSR count). The third kappa shape index (κ3) is 3.94. The molecule has 2 aromatic rings. The van der Waals surface area contributed by atoms with Gasteiger partial charge in [0.05, 0.1) is 21.3 Å². The Bertz CT molecular complexity index is 773. The normalized spacial score (nSPS) is 10.8. The Morgan fingerprint density at radius 3 is 1.88 bits per heavy atom. The Morgan fingerprint density at radius 1 is 0.920 bits per heavy atom. The molecule has 0 atom stereocenters. The van der Waals surface area contributed by atoms with E-state index in [-0.39, 0.29) is 11.5 Å². The fourth-order valence-corrected chi connectivity index (χ4v) is 2.58. The van der Waals surface area contributed by atoms with Crippen LogP contribution in [0.1, 0.15) is 27.0 Å². The molecule has 0 unspecified atom stereocenters. The number of phenolic OH excluding ortho intramolecular Hbond substituents is 1. The third-order valence-corrected chi connectivity index (χ3v) is 3.89. The van der Waals surface area contributed by atoms with Crippen LogP contribution in [0.5, 0.6) is 23.0 Å². The predicted octanol–water partition coefficient (Wildman–Crippen LogP) is 3.93. The van der Waals surface area contributed by atoms with Crippen molar-refractivity contribution in [3.63, 3.8) is 0 Å². The number of aryl methyl sites for hydroxylation is 2. The van der Waals surface area contributed by atoms with Crippen LogP contribution in [0.25, 0.3) is 6.08 Å². The molecule has 0 spiro atoms. The van der Waals surface area contributed by atoms with Crippen molar-refractivity contribution in [1.82, 2.24) is 0 Å². The van der Waals surface area contributed by atoms with Crippen LogP contribution in [0.4, 0.5) is 0 Å². The number of rotatable bonds is 6. The van der Waals surface area contributed by atoms with Crippen LogP contribution in [0.15, 0.2) is 30.3 Å². The van der Waals surface area contributed by atoms with Crippen molar-refractivity contribution in [2.75, 3.05) is 21.3 Å². The standard InChI is InChI=1S/C20H22O5/c1-12-8-14(9-13(2)19(12)22)6-7-16(21)15-10-17(23-3)20(25-5)18(11-15)24-4/h6-11,22H,1-5H3/b7-6-.